The Labute approximate surface area is 227 Å². The largest absolute Gasteiger partial charge is 0.459 e. The van der Waals surface area contributed by atoms with E-state index in [1.165, 1.54) is 19.9 Å². The predicted molar refractivity (Wildman–Crippen MR) is 144 cm³/mol. The summed E-state index contributed by atoms with van der Waals surface area (Å²) in [6, 6.07) is 21.0. The third-order valence-corrected chi connectivity index (χ3v) is 7.14. The zero-order valence-corrected chi connectivity index (χ0v) is 22.7. The molecule has 1 aliphatic rings. The van der Waals surface area contributed by atoms with E-state index in [9.17, 15) is 14.4 Å². The molecule has 2 unspecified atom stereocenters. The van der Waals surface area contributed by atoms with E-state index in [4.69, 9.17) is 16.3 Å². The van der Waals surface area contributed by atoms with E-state index in [0.29, 0.717) is 29.2 Å². The number of alkyl halides is 1. The van der Waals surface area contributed by atoms with Crippen LogP contribution < -0.4 is 0 Å². The van der Waals surface area contributed by atoms with Crippen LogP contribution in [0.5, 0.6) is 0 Å². The fraction of sp³-hybridized carbons (Fsp3) is 0.355. The number of carbonyl (C=O) groups excluding carboxylic acids is 1. The molecule has 1 aliphatic heterocycles. The summed E-state index contributed by atoms with van der Waals surface area (Å²) in [5.41, 5.74) is 1.36. The highest BCUT2D eigenvalue weighted by atomic mass is 35.5. The van der Waals surface area contributed by atoms with Crippen molar-refractivity contribution >= 4 is 17.6 Å². The fourth-order valence-corrected chi connectivity index (χ4v) is 5.55. The van der Waals surface area contributed by atoms with Crippen LogP contribution in [0.1, 0.15) is 72.3 Å². The van der Waals surface area contributed by atoms with E-state index in [-0.39, 0.29) is 23.6 Å². The van der Waals surface area contributed by atoms with Crippen molar-refractivity contribution in [1.82, 2.24) is 4.90 Å². The molecule has 1 heterocycles. The Kier molecular flexibility index (Phi) is 8.20. The molecular weight excluding hydrogens is 506 g/mol. The lowest BCUT2D eigenvalue weighted by Gasteiger charge is -2.50. The van der Waals surface area contributed by atoms with Crippen molar-refractivity contribution in [2.24, 2.45) is 5.92 Å². The van der Waals surface area contributed by atoms with Gasteiger partial charge in [-0.25, -0.2) is 13.6 Å². The van der Waals surface area contributed by atoms with E-state index in [2.05, 4.69) is 11.0 Å². The van der Waals surface area contributed by atoms with Crippen LogP contribution in [-0.4, -0.2) is 35.7 Å². The molecule has 3 aromatic carbocycles. The van der Waals surface area contributed by atoms with Crippen LogP contribution in [-0.2, 0) is 4.74 Å². The third-order valence-electron chi connectivity index (χ3n) is 6.89. The van der Waals surface area contributed by atoms with Gasteiger partial charge in [0.05, 0.1) is 29.3 Å². The highest BCUT2D eigenvalue weighted by molar-refractivity contribution is 6.30. The fourth-order valence-electron chi connectivity index (χ4n) is 5.43. The molecule has 38 heavy (non-hydrogen) atoms. The van der Waals surface area contributed by atoms with Crippen molar-refractivity contribution in [2.75, 3.05) is 13.1 Å². The number of rotatable bonds is 8. The molecule has 198 valence electrons. The number of hydrogen-bond acceptors (Lipinski definition) is 4. The van der Waals surface area contributed by atoms with E-state index in [0.717, 1.165) is 17.2 Å². The number of esters is 1. The number of nitriles is 1. The first-order valence-corrected chi connectivity index (χ1v) is 13.0. The lowest BCUT2D eigenvalue weighted by atomic mass is 9.72. The lowest BCUT2D eigenvalue weighted by molar-refractivity contribution is 0.00799. The van der Waals surface area contributed by atoms with Crippen LogP contribution in [0.15, 0.2) is 66.7 Å². The van der Waals surface area contributed by atoms with Crippen molar-refractivity contribution in [2.45, 2.75) is 51.4 Å². The van der Waals surface area contributed by atoms with Crippen molar-refractivity contribution in [3.63, 3.8) is 0 Å². The summed E-state index contributed by atoms with van der Waals surface area (Å²) >= 11 is 6.13. The molecule has 2 atom stereocenters. The Balaban J connectivity index is 1.65. The molecule has 4 rings (SSSR count). The van der Waals surface area contributed by atoms with Crippen LogP contribution >= 0.6 is 11.6 Å². The molecule has 3 aromatic rings. The summed E-state index contributed by atoms with van der Waals surface area (Å²) in [6.45, 7) is 7.51. The highest BCUT2D eigenvalue weighted by Gasteiger charge is 2.45. The zero-order chi connectivity index (χ0) is 27.6. The quantitative estimate of drug-likeness (QED) is 0.280. The first-order valence-electron chi connectivity index (χ1n) is 12.7. The number of ether oxygens (including phenoxy) is 1. The average molecular weight is 537 g/mol. The molecule has 0 N–H and O–H groups in total. The smallest absolute Gasteiger partial charge is 0.338 e. The van der Waals surface area contributed by atoms with E-state index < -0.39 is 23.4 Å². The van der Waals surface area contributed by atoms with Gasteiger partial charge in [-0.05, 0) is 92.8 Å². The molecule has 4 nitrogen and oxygen atoms in total. The van der Waals surface area contributed by atoms with E-state index >= 15 is 4.39 Å². The minimum atomic E-state index is -1.67. The summed E-state index contributed by atoms with van der Waals surface area (Å²) in [5.74, 6) is -2.00. The second-order valence-corrected chi connectivity index (χ2v) is 11.1. The summed E-state index contributed by atoms with van der Waals surface area (Å²) in [4.78, 5) is 14.7. The topological polar surface area (TPSA) is 53.3 Å². The van der Waals surface area contributed by atoms with Gasteiger partial charge < -0.3 is 4.74 Å². The summed E-state index contributed by atoms with van der Waals surface area (Å²) < 4.78 is 35.6. The Bertz CT molecular complexity index is 1340. The van der Waals surface area contributed by atoms with Gasteiger partial charge in [0.1, 0.15) is 11.5 Å². The second-order valence-electron chi connectivity index (χ2n) is 10.7. The molecule has 0 aliphatic carbocycles. The number of nitrogens with zero attached hydrogens (tertiary/aromatic N) is 2. The minimum absolute atomic E-state index is 0.0755. The highest BCUT2D eigenvalue weighted by Crippen LogP contribution is 2.45. The number of benzene rings is 3. The van der Waals surface area contributed by atoms with Crippen LogP contribution in [0.2, 0.25) is 5.02 Å². The van der Waals surface area contributed by atoms with Crippen LogP contribution in [0.25, 0.3) is 0 Å². The Morgan fingerprint density at radius 3 is 2.34 bits per heavy atom. The van der Waals surface area contributed by atoms with Gasteiger partial charge >= 0.3 is 5.97 Å². The van der Waals surface area contributed by atoms with Gasteiger partial charge in [-0.3, -0.25) is 4.90 Å². The monoisotopic (exact) mass is 536 g/mol. The molecule has 0 spiro atoms. The van der Waals surface area contributed by atoms with E-state index in [1.807, 2.05) is 42.5 Å². The molecular formula is C31H31ClF2N2O2. The first-order chi connectivity index (χ1) is 18.0. The molecule has 0 aromatic heterocycles. The molecule has 0 saturated carbocycles. The Hall–Kier alpha value is -3.27. The first kappa shape index (κ1) is 27.8. The van der Waals surface area contributed by atoms with E-state index in [1.54, 1.807) is 26.0 Å². The maximum absolute atomic E-state index is 15.7. The standard InChI is InChI=1S/C31H31ClF2N2O2/c1-19(2)38-30(37)24-13-23(14-27(33)15-24)28(31(3,4)34)25-17-36(18-25)29(21-8-10-26(32)11-9-21)22-7-5-6-20(12-22)16-35/h5-15,19,25,28-29H,17-18H2,1-4H3. The van der Waals surface area contributed by atoms with Crippen molar-refractivity contribution < 1.29 is 18.3 Å². The Morgan fingerprint density at radius 2 is 1.74 bits per heavy atom. The summed E-state index contributed by atoms with van der Waals surface area (Å²) in [5, 5.41) is 10.1. The lowest BCUT2D eigenvalue weighted by Crippen LogP contribution is -2.53. The molecule has 1 fully saturated rings. The van der Waals surface area contributed by atoms with Crippen molar-refractivity contribution in [1.29, 1.82) is 5.26 Å². The van der Waals surface area contributed by atoms with Gasteiger partial charge in [-0.2, -0.15) is 5.26 Å². The molecule has 7 heteroatoms. The van der Waals surface area contributed by atoms with Gasteiger partial charge in [0, 0.05) is 24.0 Å². The van der Waals surface area contributed by atoms with Crippen molar-refractivity contribution in [3.8, 4) is 6.07 Å². The number of likely N-dealkylation sites (tertiary alicyclic amines) is 1. The SMILES string of the molecule is CC(C)OC(=O)c1cc(F)cc(C(C2CN(C(c3ccc(Cl)cc3)c3cccc(C#N)c3)C2)C(C)(C)F)c1. The predicted octanol–water partition coefficient (Wildman–Crippen LogP) is 7.47. The van der Waals surface area contributed by atoms with Crippen LogP contribution in [0, 0.1) is 23.1 Å². The van der Waals surface area contributed by atoms with Gasteiger partial charge in [-0.1, -0.05) is 35.9 Å². The molecule has 0 radical (unpaired) electrons. The minimum Gasteiger partial charge on any atom is -0.459 e. The maximum Gasteiger partial charge on any atom is 0.338 e. The average Bonchev–Trinajstić information content (AvgIpc) is 2.82. The summed E-state index contributed by atoms with van der Waals surface area (Å²) in [6.07, 6.45) is -0.354. The normalized spacial score (nSPS) is 16.0. The zero-order valence-electron chi connectivity index (χ0n) is 21.9. The number of carbonyl (C=O) groups is 1. The number of halogens is 3. The second kappa shape index (κ2) is 11.2. The molecule has 1 saturated heterocycles. The molecule has 0 bridgehead atoms. The number of hydrogen-bond donors (Lipinski definition) is 0. The third kappa shape index (κ3) is 6.23. The van der Waals surface area contributed by atoms with Crippen LogP contribution in [0.4, 0.5) is 8.78 Å². The van der Waals surface area contributed by atoms with Gasteiger partial charge in [0.25, 0.3) is 0 Å². The Morgan fingerprint density at radius 1 is 1.05 bits per heavy atom. The summed E-state index contributed by atoms with van der Waals surface area (Å²) in [7, 11) is 0. The maximum atomic E-state index is 15.7. The van der Waals surface area contributed by atoms with Gasteiger partial charge in [-0.15, -0.1) is 0 Å². The van der Waals surface area contributed by atoms with Crippen molar-refractivity contribution in [3.05, 3.63) is 105 Å². The van der Waals surface area contributed by atoms with Gasteiger partial charge in [0.15, 0.2) is 0 Å². The van der Waals surface area contributed by atoms with Gasteiger partial charge in [0.2, 0.25) is 0 Å². The molecule has 0 amide bonds. The van der Waals surface area contributed by atoms with Crippen LogP contribution in [0.3, 0.4) is 0 Å².